The zero-order chi connectivity index (χ0) is 14.8. The summed E-state index contributed by atoms with van der Waals surface area (Å²) in [6, 6.07) is 15.3. The zero-order valence-electron chi connectivity index (χ0n) is 12.0. The number of hydrogen-bond acceptors (Lipinski definition) is 3. The Morgan fingerprint density at radius 1 is 1.19 bits per heavy atom. The summed E-state index contributed by atoms with van der Waals surface area (Å²) in [5.74, 6) is -0.0374. The molecule has 0 spiro atoms. The van der Waals surface area contributed by atoms with Gasteiger partial charge in [0.25, 0.3) is 0 Å². The molecule has 0 saturated carbocycles. The molecular weight excluding hydrogens is 262 g/mol. The fourth-order valence-corrected chi connectivity index (χ4v) is 2.76. The maximum atomic E-state index is 12.5. The summed E-state index contributed by atoms with van der Waals surface area (Å²) in [6.45, 7) is 2.80. The number of hydrogen-bond donors (Lipinski definition) is 2. The lowest BCUT2D eigenvalue weighted by Gasteiger charge is -2.26. The Labute approximate surface area is 124 Å². The largest absolute Gasteiger partial charge is 0.397 e. The van der Waals surface area contributed by atoms with Gasteiger partial charge >= 0.3 is 0 Å². The number of nitrogens with zero attached hydrogens (tertiary/aromatic N) is 1. The molecule has 1 aliphatic rings. The highest BCUT2D eigenvalue weighted by Gasteiger charge is 2.27. The van der Waals surface area contributed by atoms with Gasteiger partial charge < -0.3 is 16.0 Å². The van der Waals surface area contributed by atoms with Crippen LogP contribution in [0.25, 0.3) is 0 Å². The smallest absolute Gasteiger partial charge is 0.246 e. The van der Waals surface area contributed by atoms with Gasteiger partial charge in [-0.25, -0.2) is 0 Å². The maximum absolute atomic E-state index is 12.5. The van der Waals surface area contributed by atoms with Gasteiger partial charge in [0.2, 0.25) is 5.91 Å². The number of carbonyl (C=O) groups excluding carboxylic acids is 1. The first-order valence-electron chi connectivity index (χ1n) is 7.17. The molecule has 1 aliphatic heterocycles. The van der Waals surface area contributed by atoms with Gasteiger partial charge in [-0.3, -0.25) is 4.79 Å². The summed E-state index contributed by atoms with van der Waals surface area (Å²) in [5.41, 5.74) is 9.58. The highest BCUT2D eigenvalue weighted by Crippen LogP contribution is 2.29. The Morgan fingerprint density at radius 3 is 2.71 bits per heavy atom. The number of nitrogen functional groups attached to an aromatic ring is 1. The summed E-state index contributed by atoms with van der Waals surface area (Å²) in [5, 5.41) is 2.91. The lowest BCUT2D eigenvalue weighted by molar-refractivity contribution is -0.117. The van der Waals surface area contributed by atoms with E-state index in [0.717, 1.165) is 18.7 Å². The van der Waals surface area contributed by atoms with E-state index in [1.54, 1.807) is 6.07 Å². The van der Waals surface area contributed by atoms with Crippen molar-refractivity contribution >= 4 is 23.0 Å². The molecule has 0 aliphatic carbocycles. The number of anilines is 3. The average molecular weight is 281 g/mol. The van der Waals surface area contributed by atoms with Gasteiger partial charge in [-0.1, -0.05) is 30.3 Å². The number of para-hydroxylation sites is 3. The van der Waals surface area contributed by atoms with Gasteiger partial charge in [0.15, 0.2) is 0 Å². The lowest BCUT2D eigenvalue weighted by atomic mass is 10.1. The molecule has 4 heteroatoms. The molecule has 0 radical (unpaired) electrons. The molecule has 1 amide bonds. The highest BCUT2D eigenvalue weighted by molar-refractivity contribution is 5.99. The van der Waals surface area contributed by atoms with Crippen molar-refractivity contribution in [3.8, 4) is 0 Å². The monoisotopic (exact) mass is 281 g/mol. The molecule has 2 aromatic rings. The van der Waals surface area contributed by atoms with Gasteiger partial charge in [-0.2, -0.15) is 0 Å². The Kier molecular flexibility index (Phi) is 3.52. The van der Waals surface area contributed by atoms with Crippen molar-refractivity contribution in [1.82, 2.24) is 0 Å². The van der Waals surface area contributed by atoms with E-state index in [1.807, 2.05) is 37.3 Å². The molecule has 4 nitrogen and oxygen atoms in total. The Hall–Kier alpha value is -2.49. The molecule has 0 saturated heterocycles. The predicted octanol–water partition coefficient (Wildman–Crippen LogP) is 2.66. The van der Waals surface area contributed by atoms with Crippen molar-refractivity contribution in [2.75, 3.05) is 22.5 Å². The molecule has 3 rings (SSSR count). The number of rotatable bonds is 3. The number of carbonyl (C=O) groups is 1. The normalized spacial score (nSPS) is 14.6. The van der Waals surface area contributed by atoms with Gasteiger partial charge in [-0.15, -0.1) is 0 Å². The average Bonchev–Trinajstić information content (AvgIpc) is 2.92. The molecule has 0 aromatic heterocycles. The van der Waals surface area contributed by atoms with E-state index in [4.69, 9.17) is 5.73 Å². The quantitative estimate of drug-likeness (QED) is 0.850. The summed E-state index contributed by atoms with van der Waals surface area (Å²) in [4.78, 5) is 14.6. The third kappa shape index (κ3) is 2.57. The van der Waals surface area contributed by atoms with E-state index in [-0.39, 0.29) is 11.9 Å². The minimum Gasteiger partial charge on any atom is -0.397 e. The van der Waals surface area contributed by atoms with Crippen LogP contribution in [0.3, 0.4) is 0 Å². The van der Waals surface area contributed by atoms with Crippen molar-refractivity contribution in [3.05, 3.63) is 54.1 Å². The van der Waals surface area contributed by atoms with Gasteiger partial charge in [0.1, 0.15) is 6.04 Å². The molecule has 21 heavy (non-hydrogen) atoms. The first-order valence-corrected chi connectivity index (χ1v) is 7.17. The first-order chi connectivity index (χ1) is 10.2. The van der Waals surface area contributed by atoms with Gasteiger partial charge in [0, 0.05) is 12.2 Å². The topological polar surface area (TPSA) is 58.4 Å². The van der Waals surface area contributed by atoms with E-state index in [9.17, 15) is 4.79 Å². The Balaban J connectivity index is 1.76. The number of fused-ring (bicyclic) bond motifs is 1. The summed E-state index contributed by atoms with van der Waals surface area (Å²) in [7, 11) is 0. The molecule has 1 atom stereocenters. The van der Waals surface area contributed by atoms with Crippen molar-refractivity contribution in [1.29, 1.82) is 0 Å². The van der Waals surface area contributed by atoms with Gasteiger partial charge in [-0.05, 0) is 37.1 Å². The first kappa shape index (κ1) is 13.5. The number of nitrogens with one attached hydrogen (secondary N) is 1. The molecule has 3 N–H and O–H groups in total. The third-order valence-electron chi connectivity index (χ3n) is 3.99. The fourth-order valence-electron chi connectivity index (χ4n) is 2.76. The minimum atomic E-state index is -0.228. The lowest BCUT2D eigenvalue weighted by Crippen LogP contribution is -2.41. The van der Waals surface area contributed by atoms with Crippen molar-refractivity contribution in [2.24, 2.45) is 0 Å². The maximum Gasteiger partial charge on any atom is 0.246 e. The van der Waals surface area contributed by atoms with Crippen LogP contribution in [0.2, 0.25) is 0 Å². The molecule has 1 unspecified atom stereocenters. The molecule has 0 fully saturated rings. The molecule has 2 aromatic carbocycles. The fraction of sp³-hybridized carbons (Fsp3) is 0.235. The molecule has 108 valence electrons. The summed E-state index contributed by atoms with van der Waals surface area (Å²) >= 11 is 0. The van der Waals surface area contributed by atoms with Crippen LogP contribution in [-0.2, 0) is 11.2 Å². The third-order valence-corrected chi connectivity index (χ3v) is 3.99. The summed E-state index contributed by atoms with van der Waals surface area (Å²) in [6.07, 6.45) is 0.987. The van der Waals surface area contributed by atoms with E-state index in [2.05, 4.69) is 22.3 Å². The van der Waals surface area contributed by atoms with E-state index < -0.39 is 0 Å². The minimum absolute atomic E-state index is 0.0374. The van der Waals surface area contributed by atoms with Crippen molar-refractivity contribution in [3.63, 3.8) is 0 Å². The van der Waals surface area contributed by atoms with Crippen LogP contribution in [0, 0.1) is 0 Å². The predicted molar refractivity (Wildman–Crippen MR) is 86.4 cm³/mol. The SMILES string of the molecule is CC(C(=O)Nc1ccccc1N)N1CCc2ccccc21. The van der Waals surface area contributed by atoms with Crippen LogP contribution < -0.4 is 16.0 Å². The Morgan fingerprint density at radius 2 is 1.90 bits per heavy atom. The second kappa shape index (κ2) is 5.48. The summed E-state index contributed by atoms with van der Waals surface area (Å²) < 4.78 is 0. The van der Waals surface area contributed by atoms with Crippen LogP contribution in [0.1, 0.15) is 12.5 Å². The van der Waals surface area contributed by atoms with E-state index >= 15 is 0 Å². The van der Waals surface area contributed by atoms with Crippen LogP contribution in [0.5, 0.6) is 0 Å². The van der Waals surface area contributed by atoms with Crippen LogP contribution >= 0.6 is 0 Å². The highest BCUT2D eigenvalue weighted by atomic mass is 16.2. The molecule has 1 heterocycles. The van der Waals surface area contributed by atoms with E-state index in [1.165, 1.54) is 5.56 Å². The number of amides is 1. The van der Waals surface area contributed by atoms with Crippen molar-refractivity contribution in [2.45, 2.75) is 19.4 Å². The second-order valence-electron chi connectivity index (χ2n) is 5.32. The Bertz CT molecular complexity index is 669. The van der Waals surface area contributed by atoms with Crippen LogP contribution in [0.4, 0.5) is 17.1 Å². The second-order valence-corrected chi connectivity index (χ2v) is 5.32. The van der Waals surface area contributed by atoms with Gasteiger partial charge in [0.05, 0.1) is 11.4 Å². The zero-order valence-corrected chi connectivity index (χ0v) is 12.0. The van der Waals surface area contributed by atoms with Crippen LogP contribution in [0.15, 0.2) is 48.5 Å². The molecular formula is C17H19N3O. The number of benzene rings is 2. The van der Waals surface area contributed by atoms with E-state index in [0.29, 0.717) is 11.4 Å². The van der Waals surface area contributed by atoms with Crippen molar-refractivity contribution < 1.29 is 4.79 Å². The van der Waals surface area contributed by atoms with Crippen LogP contribution in [-0.4, -0.2) is 18.5 Å². The molecule has 0 bridgehead atoms. The standard InChI is InChI=1S/C17H19N3O/c1-12(17(21)19-15-8-4-3-7-14(15)18)20-11-10-13-6-2-5-9-16(13)20/h2-9,12H,10-11,18H2,1H3,(H,19,21). The number of nitrogens with two attached hydrogens (primary N) is 1.